The normalized spacial score (nSPS) is 17.3. The van der Waals surface area contributed by atoms with Gasteiger partial charge in [-0.15, -0.1) is 0 Å². The van der Waals surface area contributed by atoms with Gasteiger partial charge < -0.3 is 20.7 Å². The molecule has 9 heteroatoms. The largest absolute Gasteiger partial charge is 0.412 e. The molecule has 9 nitrogen and oxygen atoms in total. The van der Waals surface area contributed by atoms with E-state index in [0.29, 0.717) is 32.0 Å². The van der Waals surface area contributed by atoms with Crippen molar-refractivity contribution in [3.05, 3.63) is 42.9 Å². The van der Waals surface area contributed by atoms with Gasteiger partial charge in [-0.05, 0) is 49.9 Å². The first-order chi connectivity index (χ1) is 17.1. The van der Waals surface area contributed by atoms with E-state index < -0.39 is 12.1 Å². The Kier molecular flexibility index (Phi) is 6.74. The molecule has 3 N–H and O–H groups in total. The molecule has 5 rings (SSSR count). The molecule has 0 atom stereocenters. The lowest BCUT2D eigenvalue weighted by atomic mass is 9.95. The predicted molar refractivity (Wildman–Crippen MR) is 134 cm³/mol. The molecule has 0 unspecified atom stereocenters. The summed E-state index contributed by atoms with van der Waals surface area (Å²) in [4.78, 5) is 39.1. The number of fused-ring (bicyclic) bond motifs is 1. The number of anilines is 2. The van der Waals surface area contributed by atoms with Crippen molar-refractivity contribution in [2.45, 2.75) is 51.0 Å². The van der Waals surface area contributed by atoms with E-state index in [1.807, 2.05) is 24.5 Å². The van der Waals surface area contributed by atoms with Crippen molar-refractivity contribution >= 4 is 34.5 Å². The van der Waals surface area contributed by atoms with Crippen LogP contribution in [0.15, 0.2) is 42.9 Å². The Morgan fingerprint density at radius 1 is 1.03 bits per heavy atom. The maximum Gasteiger partial charge on any atom is 0.412 e. The molecular formula is C26H30N6O3. The molecule has 182 valence electrons. The third-order valence-corrected chi connectivity index (χ3v) is 6.95. The third-order valence-electron chi connectivity index (χ3n) is 6.95. The van der Waals surface area contributed by atoms with Crippen LogP contribution in [0.25, 0.3) is 22.0 Å². The van der Waals surface area contributed by atoms with E-state index in [-0.39, 0.29) is 5.92 Å². The number of piperidine rings is 1. The zero-order valence-electron chi connectivity index (χ0n) is 19.7. The van der Waals surface area contributed by atoms with Gasteiger partial charge in [-0.2, -0.15) is 0 Å². The van der Waals surface area contributed by atoms with Crippen LogP contribution < -0.4 is 16.0 Å². The van der Waals surface area contributed by atoms with Gasteiger partial charge in [0.2, 0.25) is 0 Å². The smallest absolute Gasteiger partial charge is 0.376 e. The number of nitrogens with zero attached hydrogens (tertiary/aromatic N) is 4. The van der Waals surface area contributed by atoms with Crippen molar-refractivity contribution in [3.8, 4) is 11.3 Å². The molecule has 1 amide bonds. The van der Waals surface area contributed by atoms with Crippen LogP contribution in [0.1, 0.15) is 44.9 Å². The van der Waals surface area contributed by atoms with Crippen LogP contribution in [0.4, 0.5) is 16.4 Å². The Morgan fingerprint density at radius 3 is 2.60 bits per heavy atom. The van der Waals surface area contributed by atoms with Gasteiger partial charge in [0.15, 0.2) is 0 Å². The minimum atomic E-state index is -1.06. The fourth-order valence-corrected chi connectivity index (χ4v) is 5.10. The molecule has 4 heterocycles. The molecule has 1 saturated heterocycles. The molecule has 35 heavy (non-hydrogen) atoms. The summed E-state index contributed by atoms with van der Waals surface area (Å²) in [5.74, 6) is 0.837. The maximum atomic E-state index is 12.1. The van der Waals surface area contributed by atoms with Crippen LogP contribution in [0.5, 0.6) is 0 Å². The zero-order chi connectivity index (χ0) is 24.2. The molecule has 0 spiro atoms. The second-order valence-electron chi connectivity index (χ2n) is 9.34. The third kappa shape index (κ3) is 5.34. The number of carbonyl (C=O) groups excluding carboxylic acids is 2. The van der Waals surface area contributed by atoms with E-state index in [1.54, 1.807) is 6.20 Å². The van der Waals surface area contributed by atoms with E-state index in [1.165, 1.54) is 32.1 Å². The highest BCUT2D eigenvalue weighted by Crippen LogP contribution is 2.33. The molecule has 1 aliphatic heterocycles. The van der Waals surface area contributed by atoms with Gasteiger partial charge in [0.1, 0.15) is 11.6 Å². The lowest BCUT2D eigenvalue weighted by Gasteiger charge is -2.32. The first kappa shape index (κ1) is 23.0. The minimum absolute atomic E-state index is 0.344. The summed E-state index contributed by atoms with van der Waals surface area (Å²) in [5.41, 5.74) is 6.84. The first-order valence-electron chi connectivity index (χ1n) is 12.3. The van der Waals surface area contributed by atoms with Crippen LogP contribution >= 0.6 is 0 Å². The van der Waals surface area contributed by atoms with E-state index in [9.17, 15) is 9.59 Å². The van der Waals surface area contributed by atoms with Gasteiger partial charge in [0.05, 0.1) is 11.6 Å². The number of esters is 1. The average Bonchev–Trinajstić information content (AvgIpc) is 2.88. The molecule has 3 aromatic rings. The Bertz CT molecular complexity index is 1220. The van der Waals surface area contributed by atoms with Gasteiger partial charge in [0.25, 0.3) is 0 Å². The SMILES string of the molecule is NC(=O)OC(=O)C1CCN(c2nc(-c3ccnc(NC4CCCCC4)c3)cc3cnccc23)CC1. The monoisotopic (exact) mass is 474 g/mol. The van der Waals surface area contributed by atoms with Gasteiger partial charge in [-0.3, -0.25) is 9.78 Å². The summed E-state index contributed by atoms with van der Waals surface area (Å²) in [6.45, 7) is 1.24. The standard InChI is InChI=1S/C26H30N6O3/c27-26(34)35-25(33)17-8-12-32(13-9-17)24-21-7-10-28-16-19(21)14-22(31-24)18-6-11-29-23(15-18)30-20-4-2-1-3-5-20/h6-7,10-11,14-17,20H,1-5,8-9,12-13H2,(H2,27,34)(H,29,30). The molecule has 0 radical (unpaired) electrons. The van der Waals surface area contributed by atoms with E-state index in [4.69, 9.17) is 10.7 Å². The fraction of sp³-hybridized carbons (Fsp3) is 0.423. The molecule has 1 aliphatic carbocycles. The van der Waals surface area contributed by atoms with E-state index in [0.717, 1.165) is 33.7 Å². The summed E-state index contributed by atoms with van der Waals surface area (Å²) in [7, 11) is 0. The predicted octanol–water partition coefficient (Wildman–Crippen LogP) is 4.27. The van der Waals surface area contributed by atoms with Crippen molar-refractivity contribution in [1.82, 2.24) is 15.0 Å². The first-order valence-corrected chi connectivity index (χ1v) is 12.3. The second kappa shape index (κ2) is 10.2. The highest BCUT2D eigenvalue weighted by molar-refractivity contribution is 5.94. The van der Waals surface area contributed by atoms with Crippen LogP contribution in [0, 0.1) is 5.92 Å². The molecule has 1 saturated carbocycles. The summed E-state index contributed by atoms with van der Waals surface area (Å²) < 4.78 is 4.59. The van der Waals surface area contributed by atoms with Crippen molar-refractivity contribution in [2.75, 3.05) is 23.3 Å². The zero-order valence-corrected chi connectivity index (χ0v) is 19.7. The summed E-state index contributed by atoms with van der Waals surface area (Å²) in [6, 6.07) is 8.54. The lowest BCUT2D eigenvalue weighted by Crippen LogP contribution is -2.38. The van der Waals surface area contributed by atoms with Crippen LogP contribution in [-0.2, 0) is 9.53 Å². The topological polar surface area (TPSA) is 123 Å². The number of hydrogen-bond donors (Lipinski definition) is 2. The maximum absolute atomic E-state index is 12.1. The van der Waals surface area contributed by atoms with Gasteiger partial charge >= 0.3 is 12.1 Å². The second-order valence-corrected chi connectivity index (χ2v) is 9.34. The number of pyridine rings is 3. The Hall–Kier alpha value is -3.75. The number of primary amides is 1. The van der Waals surface area contributed by atoms with Crippen molar-refractivity contribution in [1.29, 1.82) is 0 Å². The van der Waals surface area contributed by atoms with Gasteiger partial charge in [0, 0.05) is 54.1 Å². The number of ether oxygens (including phenoxy) is 1. The summed E-state index contributed by atoms with van der Waals surface area (Å²) >= 11 is 0. The van der Waals surface area contributed by atoms with Crippen molar-refractivity contribution in [2.24, 2.45) is 11.7 Å². The molecule has 2 aliphatic rings. The highest BCUT2D eigenvalue weighted by Gasteiger charge is 2.29. The minimum Gasteiger partial charge on any atom is -0.376 e. The lowest BCUT2D eigenvalue weighted by molar-refractivity contribution is -0.142. The van der Waals surface area contributed by atoms with Crippen molar-refractivity contribution in [3.63, 3.8) is 0 Å². The van der Waals surface area contributed by atoms with E-state index >= 15 is 0 Å². The van der Waals surface area contributed by atoms with Crippen molar-refractivity contribution < 1.29 is 14.3 Å². The van der Waals surface area contributed by atoms with E-state index in [2.05, 4.69) is 37.1 Å². The van der Waals surface area contributed by atoms with Crippen LogP contribution in [0.3, 0.4) is 0 Å². The summed E-state index contributed by atoms with van der Waals surface area (Å²) in [5, 5.41) is 5.61. The Labute approximate surface area is 204 Å². The average molecular weight is 475 g/mol. The Morgan fingerprint density at radius 2 is 1.83 bits per heavy atom. The van der Waals surface area contributed by atoms with Gasteiger partial charge in [-0.25, -0.2) is 14.8 Å². The number of nitrogens with two attached hydrogens (primary N) is 1. The molecule has 2 fully saturated rings. The van der Waals surface area contributed by atoms with Crippen LogP contribution in [0.2, 0.25) is 0 Å². The summed E-state index contributed by atoms with van der Waals surface area (Å²) in [6.07, 6.45) is 11.7. The quantitative estimate of drug-likeness (QED) is 0.415. The van der Waals surface area contributed by atoms with Gasteiger partial charge in [-0.1, -0.05) is 19.3 Å². The molecule has 0 bridgehead atoms. The number of rotatable bonds is 5. The molecule has 0 aromatic carbocycles. The Balaban J connectivity index is 1.40. The number of nitrogens with one attached hydrogen (secondary N) is 1. The molecule has 3 aromatic heterocycles. The highest BCUT2D eigenvalue weighted by atomic mass is 16.6. The fourth-order valence-electron chi connectivity index (χ4n) is 5.10. The number of carbonyl (C=O) groups is 2. The van der Waals surface area contributed by atoms with Crippen LogP contribution in [-0.4, -0.2) is 46.1 Å². The number of amides is 1. The number of aromatic nitrogens is 3. The number of hydrogen-bond acceptors (Lipinski definition) is 8. The molecular weight excluding hydrogens is 444 g/mol.